The quantitative estimate of drug-likeness (QED) is 0.873. The molecule has 0 aliphatic carbocycles. The average molecular weight is 300 g/mol. The molecule has 0 atom stereocenters. The summed E-state index contributed by atoms with van der Waals surface area (Å²) in [4.78, 5) is 25.7. The van der Waals surface area contributed by atoms with Crippen molar-refractivity contribution in [3.63, 3.8) is 0 Å². The molecule has 0 radical (unpaired) electrons. The van der Waals surface area contributed by atoms with Crippen LogP contribution in [0.3, 0.4) is 0 Å². The van der Waals surface area contributed by atoms with Crippen LogP contribution in [0, 0.1) is 11.3 Å². The minimum Gasteiger partial charge on any atom is -0.343 e. The Kier molecular flexibility index (Phi) is 5.50. The van der Waals surface area contributed by atoms with E-state index in [0.29, 0.717) is 24.3 Å². The Morgan fingerprint density at radius 1 is 1.27 bits per heavy atom. The van der Waals surface area contributed by atoms with E-state index in [2.05, 4.69) is 5.32 Å². The number of likely N-dealkylation sites (tertiary alicyclic amines) is 1. The number of carbonyl (C=O) groups is 2. The topological polar surface area (TPSA) is 99.2 Å². The summed E-state index contributed by atoms with van der Waals surface area (Å²) in [5, 5.41) is 11.6. The number of hydrogen-bond donors (Lipinski definition) is 2. The van der Waals surface area contributed by atoms with Crippen LogP contribution < -0.4 is 11.1 Å². The van der Waals surface area contributed by atoms with Crippen LogP contribution in [-0.2, 0) is 9.59 Å². The lowest BCUT2D eigenvalue weighted by Gasteiger charge is -2.30. The third-order valence-corrected chi connectivity index (χ3v) is 3.78. The Balaban J connectivity index is 1.80. The van der Waals surface area contributed by atoms with Crippen LogP contribution in [0.4, 0.5) is 5.69 Å². The highest BCUT2D eigenvalue weighted by Gasteiger charge is 2.20. The largest absolute Gasteiger partial charge is 0.343 e. The molecule has 1 aliphatic heterocycles. The molecular weight excluding hydrogens is 280 g/mol. The van der Waals surface area contributed by atoms with Gasteiger partial charge in [0, 0.05) is 32.0 Å². The van der Waals surface area contributed by atoms with Crippen LogP contribution in [0.15, 0.2) is 24.3 Å². The fourth-order valence-electron chi connectivity index (χ4n) is 2.43. The van der Waals surface area contributed by atoms with Crippen molar-refractivity contribution in [1.29, 1.82) is 5.26 Å². The summed E-state index contributed by atoms with van der Waals surface area (Å²) in [5.74, 6) is -0.277. The normalized spacial score (nSPS) is 15.2. The number of piperidine rings is 1. The highest BCUT2D eigenvalue weighted by atomic mass is 16.2. The van der Waals surface area contributed by atoms with Gasteiger partial charge in [0.15, 0.2) is 0 Å². The zero-order valence-corrected chi connectivity index (χ0v) is 12.4. The number of anilines is 1. The van der Waals surface area contributed by atoms with Gasteiger partial charge in [-0.1, -0.05) is 12.1 Å². The van der Waals surface area contributed by atoms with Crippen LogP contribution >= 0.6 is 0 Å². The van der Waals surface area contributed by atoms with Crippen molar-refractivity contribution in [3.8, 4) is 6.07 Å². The van der Waals surface area contributed by atoms with Crippen molar-refractivity contribution in [2.24, 2.45) is 5.73 Å². The van der Waals surface area contributed by atoms with Crippen LogP contribution in [0.25, 0.3) is 0 Å². The zero-order valence-electron chi connectivity index (χ0n) is 12.4. The van der Waals surface area contributed by atoms with E-state index in [9.17, 15) is 9.59 Å². The summed E-state index contributed by atoms with van der Waals surface area (Å²) in [6.07, 6.45) is 1.91. The summed E-state index contributed by atoms with van der Waals surface area (Å²) < 4.78 is 0. The number of nitriles is 1. The van der Waals surface area contributed by atoms with Crippen molar-refractivity contribution < 1.29 is 9.59 Å². The van der Waals surface area contributed by atoms with E-state index in [4.69, 9.17) is 11.0 Å². The standard InChI is InChI=1S/C16H20N4O2/c17-11-12-3-1-2-4-14(12)19-15(21)5-6-16(22)20-9-7-13(18)8-10-20/h1-4,13H,5-10,18H2,(H,19,21). The smallest absolute Gasteiger partial charge is 0.224 e. The van der Waals surface area contributed by atoms with Gasteiger partial charge >= 0.3 is 0 Å². The van der Waals surface area contributed by atoms with Crippen LogP contribution in [0.2, 0.25) is 0 Å². The fourth-order valence-corrected chi connectivity index (χ4v) is 2.43. The molecule has 2 amide bonds. The number of para-hydroxylation sites is 1. The van der Waals surface area contributed by atoms with Gasteiger partial charge in [-0.05, 0) is 25.0 Å². The van der Waals surface area contributed by atoms with Gasteiger partial charge in [-0.3, -0.25) is 9.59 Å². The second kappa shape index (κ2) is 7.57. The molecule has 0 unspecified atom stereocenters. The first-order valence-corrected chi connectivity index (χ1v) is 7.42. The number of nitrogens with zero attached hydrogens (tertiary/aromatic N) is 2. The minimum atomic E-state index is -0.259. The molecule has 6 nitrogen and oxygen atoms in total. The Morgan fingerprint density at radius 2 is 1.95 bits per heavy atom. The van der Waals surface area contributed by atoms with Gasteiger partial charge in [0.05, 0.1) is 11.3 Å². The van der Waals surface area contributed by atoms with E-state index in [1.54, 1.807) is 29.2 Å². The third kappa shape index (κ3) is 4.30. The van der Waals surface area contributed by atoms with E-state index in [1.807, 2.05) is 6.07 Å². The molecule has 1 fully saturated rings. The lowest BCUT2D eigenvalue weighted by Crippen LogP contribution is -2.43. The summed E-state index contributed by atoms with van der Waals surface area (Å²) in [6.45, 7) is 1.33. The molecule has 116 valence electrons. The maximum absolute atomic E-state index is 12.0. The molecule has 22 heavy (non-hydrogen) atoms. The predicted octanol–water partition coefficient (Wildman–Crippen LogP) is 1.23. The highest BCUT2D eigenvalue weighted by Crippen LogP contribution is 2.15. The molecule has 6 heteroatoms. The van der Waals surface area contributed by atoms with Gasteiger partial charge in [-0.25, -0.2) is 0 Å². The summed E-state index contributed by atoms with van der Waals surface area (Å²) in [5.41, 5.74) is 6.69. The first kappa shape index (κ1) is 16.0. The minimum absolute atomic E-state index is 0.0179. The molecule has 1 heterocycles. The zero-order chi connectivity index (χ0) is 15.9. The Labute approximate surface area is 129 Å². The molecule has 3 N–H and O–H groups in total. The number of benzene rings is 1. The molecule has 1 aliphatic rings. The summed E-state index contributed by atoms with van der Waals surface area (Å²) in [6, 6.07) is 8.99. The van der Waals surface area contributed by atoms with E-state index in [-0.39, 0.29) is 30.7 Å². The molecule has 0 saturated carbocycles. The molecule has 1 aromatic rings. The van der Waals surface area contributed by atoms with E-state index < -0.39 is 0 Å². The van der Waals surface area contributed by atoms with Crippen molar-refractivity contribution >= 4 is 17.5 Å². The van der Waals surface area contributed by atoms with Gasteiger partial charge in [0.2, 0.25) is 11.8 Å². The van der Waals surface area contributed by atoms with Crippen LogP contribution in [-0.4, -0.2) is 35.8 Å². The average Bonchev–Trinajstić information content (AvgIpc) is 2.54. The van der Waals surface area contributed by atoms with Gasteiger partial charge in [0.25, 0.3) is 0 Å². The summed E-state index contributed by atoms with van der Waals surface area (Å²) in [7, 11) is 0. The van der Waals surface area contributed by atoms with Crippen molar-refractivity contribution in [2.45, 2.75) is 31.7 Å². The lowest BCUT2D eigenvalue weighted by atomic mass is 10.1. The maximum atomic E-state index is 12.0. The number of nitrogens with two attached hydrogens (primary N) is 1. The fraction of sp³-hybridized carbons (Fsp3) is 0.438. The van der Waals surface area contributed by atoms with E-state index in [0.717, 1.165) is 12.8 Å². The number of amides is 2. The Bertz CT molecular complexity index is 586. The van der Waals surface area contributed by atoms with Gasteiger partial charge in [-0.2, -0.15) is 5.26 Å². The number of nitrogens with one attached hydrogen (secondary N) is 1. The Morgan fingerprint density at radius 3 is 2.64 bits per heavy atom. The van der Waals surface area contributed by atoms with E-state index >= 15 is 0 Å². The molecule has 0 spiro atoms. The Hall–Kier alpha value is -2.39. The lowest BCUT2D eigenvalue weighted by molar-refractivity contribution is -0.133. The van der Waals surface area contributed by atoms with Crippen molar-refractivity contribution in [2.75, 3.05) is 18.4 Å². The summed E-state index contributed by atoms with van der Waals surface area (Å²) >= 11 is 0. The third-order valence-electron chi connectivity index (χ3n) is 3.78. The number of hydrogen-bond acceptors (Lipinski definition) is 4. The van der Waals surface area contributed by atoms with Crippen molar-refractivity contribution in [1.82, 2.24) is 4.90 Å². The molecule has 2 rings (SSSR count). The first-order valence-electron chi connectivity index (χ1n) is 7.42. The molecule has 1 saturated heterocycles. The van der Waals surface area contributed by atoms with Crippen LogP contribution in [0.5, 0.6) is 0 Å². The second-order valence-corrected chi connectivity index (χ2v) is 5.42. The van der Waals surface area contributed by atoms with Crippen LogP contribution in [0.1, 0.15) is 31.2 Å². The maximum Gasteiger partial charge on any atom is 0.224 e. The first-order chi connectivity index (χ1) is 10.6. The van der Waals surface area contributed by atoms with E-state index in [1.165, 1.54) is 0 Å². The van der Waals surface area contributed by atoms with Gasteiger partial charge < -0.3 is 16.0 Å². The second-order valence-electron chi connectivity index (χ2n) is 5.42. The van der Waals surface area contributed by atoms with Gasteiger partial charge in [0.1, 0.15) is 6.07 Å². The molecule has 0 bridgehead atoms. The molecule has 0 aromatic heterocycles. The SMILES string of the molecule is N#Cc1ccccc1NC(=O)CCC(=O)N1CCC(N)CC1. The highest BCUT2D eigenvalue weighted by molar-refractivity contribution is 5.94. The molecule has 1 aromatic carbocycles. The number of rotatable bonds is 4. The predicted molar refractivity (Wildman–Crippen MR) is 82.8 cm³/mol. The molecular formula is C16H20N4O2. The van der Waals surface area contributed by atoms with Gasteiger partial charge in [-0.15, -0.1) is 0 Å². The number of carbonyl (C=O) groups excluding carboxylic acids is 2. The monoisotopic (exact) mass is 300 g/mol. The van der Waals surface area contributed by atoms with Crippen molar-refractivity contribution in [3.05, 3.63) is 29.8 Å².